The fourth-order valence-electron chi connectivity index (χ4n) is 7.34. The molecule has 53 heavy (non-hydrogen) atoms. The normalized spacial score (nSPS) is 24.8. The van der Waals surface area contributed by atoms with Gasteiger partial charge in [0.15, 0.2) is 6.61 Å². The number of thioether (sulfide) groups is 1. The van der Waals surface area contributed by atoms with Gasteiger partial charge in [-0.15, -0.1) is 11.8 Å². The number of β-lactam (4-membered cyclic amide) rings is 1. The lowest BCUT2D eigenvalue weighted by atomic mass is 9.81. The number of nitrogens with one attached hydrogen (secondary N) is 3. The fraction of sp³-hybridized carbons (Fsp3) is 0.421. The molecule has 15 heteroatoms. The van der Waals surface area contributed by atoms with Crippen molar-refractivity contribution in [2.75, 3.05) is 26.9 Å². The number of oxime groups is 1. The van der Waals surface area contributed by atoms with E-state index < -0.39 is 29.0 Å². The van der Waals surface area contributed by atoms with Gasteiger partial charge in [-0.25, -0.2) is 9.18 Å². The highest BCUT2D eigenvalue weighted by Gasteiger charge is 2.64. The second-order valence-electron chi connectivity index (χ2n) is 13.9. The second kappa shape index (κ2) is 14.9. The summed E-state index contributed by atoms with van der Waals surface area (Å²) in [4.78, 5) is 45.6. The molecule has 0 bridgehead atoms. The van der Waals surface area contributed by atoms with E-state index in [1.54, 1.807) is 37.5 Å². The van der Waals surface area contributed by atoms with E-state index in [2.05, 4.69) is 21.1 Å². The van der Waals surface area contributed by atoms with Crippen molar-refractivity contribution in [2.24, 2.45) is 11.1 Å². The number of ether oxygens (including phenoxy) is 3. The third-order valence-corrected chi connectivity index (χ3v) is 11.5. The van der Waals surface area contributed by atoms with Crippen LogP contribution in [0.1, 0.15) is 50.3 Å². The smallest absolute Gasteiger partial charge is 0.330 e. The van der Waals surface area contributed by atoms with Gasteiger partial charge in [0.2, 0.25) is 5.91 Å². The van der Waals surface area contributed by atoms with Crippen LogP contribution >= 0.6 is 11.8 Å². The van der Waals surface area contributed by atoms with E-state index in [9.17, 15) is 23.9 Å². The standard InChI is InChI=1S/C38H42FN5O8S/c1-5-40-30(45)19-52-43-29-16-27-25-14-21(39)8-13-28(25)41-32(27)24-12-11-23(15-26(24)29)50-18-31(46)42-33-35(47)44-34(38(2,3)53-36(33)44)37(48)51-17-20-6-9-22(49-4)10-7-20/h6-13,15,25,31,33-34,36,41-42,46H,5,14,16-19H2,1-4H3,(H,40,45)/b43-29-. The Morgan fingerprint density at radius 3 is 2.68 bits per heavy atom. The fourth-order valence-corrected chi connectivity index (χ4v) is 8.97. The lowest BCUT2D eigenvalue weighted by molar-refractivity contribution is -0.165. The summed E-state index contributed by atoms with van der Waals surface area (Å²) in [5.74, 6) is -0.311. The van der Waals surface area contributed by atoms with Gasteiger partial charge in [0.1, 0.15) is 54.2 Å². The molecule has 2 fully saturated rings. The van der Waals surface area contributed by atoms with Crippen molar-refractivity contribution in [3.8, 4) is 11.5 Å². The minimum absolute atomic E-state index is 0.0645. The molecule has 7 rings (SSSR count). The minimum atomic E-state index is -1.20. The third-order valence-electron chi connectivity index (χ3n) is 9.89. The summed E-state index contributed by atoms with van der Waals surface area (Å²) < 4.78 is 30.5. The number of likely N-dealkylation sites (N-methyl/N-ethyl adjacent to an activating group) is 1. The van der Waals surface area contributed by atoms with Crippen LogP contribution < -0.4 is 25.4 Å². The average Bonchev–Trinajstić information content (AvgIpc) is 3.63. The molecule has 4 N–H and O–H groups in total. The topological polar surface area (TPSA) is 160 Å². The number of aliphatic hydroxyl groups excluding tert-OH is 1. The van der Waals surface area contributed by atoms with Crippen molar-refractivity contribution in [1.82, 2.24) is 20.9 Å². The molecule has 0 radical (unpaired) electrons. The first-order valence-corrected chi connectivity index (χ1v) is 18.4. The first-order valence-electron chi connectivity index (χ1n) is 17.5. The van der Waals surface area contributed by atoms with Crippen molar-refractivity contribution in [2.45, 2.75) is 68.7 Å². The van der Waals surface area contributed by atoms with Crippen LogP contribution in [-0.2, 0) is 30.6 Å². The molecule has 280 valence electrons. The summed E-state index contributed by atoms with van der Waals surface area (Å²) in [5, 5.41) is 24.0. The second-order valence-corrected chi connectivity index (χ2v) is 15.6. The molecule has 13 nitrogen and oxygen atoms in total. The summed E-state index contributed by atoms with van der Waals surface area (Å²) in [6.07, 6.45) is 2.64. The van der Waals surface area contributed by atoms with E-state index in [1.165, 1.54) is 22.7 Å². The van der Waals surface area contributed by atoms with Crippen molar-refractivity contribution < 1.29 is 42.9 Å². The zero-order valence-electron chi connectivity index (χ0n) is 29.8. The number of carbonyl (C=O) groups is 3. The Bertz CT molecular complexity index is 1930. The van der Waals surface area contributed by atoms with Crippen LogP contribution in [0.2, 0.25) is 0 Å². The number of esters is 1. The van der Waals surface area contributed by atoms with E-state index in [0.717, 1.165) is 28.1 Å². The van der Waals surface area contributed by atoms with Crippen LogP contribution in [0.4, 0.5) is 4.39 Å². The number of allylic oxidation sites excluding steroid dienone is 4. The molecule has 0 spiro atoms. The Balaban J connectivity index is 0.991. The summed E-state index contributed by atoms with van der Waals surface area (Å²) >= 11 is 1.48. The molecule has 5 atom stereocenters. The van der Waals surface area contributed by atoms with Crippen LogP contribution in [0, 0.1) is 5.92 Å². The number of halogens is 1. The number of hydrogen-bond donors (Lipinski definition) is 4. The van der Waals surface area contributed by atoms with Crippen LogP contribution in [-0.4, -0.2) is 88.8 Å². The number of carbonyl (C=O) groups excluding carboxylic acids is 3. The van der Waals surface area contributed by atoms with E-state index in [-0.39, 0.29) is 55.2 Å². The number of methoxy groups -OCH3 is 1. The maximum absolute atomic E-state index is 14.3. The lowest BCUT2D eigenvalue weighted by Gasteiger charge is -2.44. The number of amides is 2. The van der Waals surface area contributed by atoms with Crippen LogP contribution in [0.25, 0.3) is 5.70 Å². The highest BCUT2D eigenvalue weighted by molar-refractivity contribution is 8.01. The maximum Gasteiger partial charge on any atom is 0.330 e. The van der Waals surface area contributed by atoms with Gasteiger partial charge in [0, 0.05) is 52.6 Å². The average molecular weight is 748 g/mol. The molecule has 5 unspecified atom stereocenters. The van der Waals surface area contributed by atoms with Gasteiger partial charge in [0.05, 0.1) is 12.8 Å². The zero-order chi connectivity index (χ0) is 37.4. The highest BCUT2D eigenvalue weighted by Crippen LogP contribution is 2.51. The molecule has 2 amide bonds. The van der Waals surface area contributed by atoms with E-state index in [0.29, 0.717) is 35.7 Å². The third kappa shape index (κ3) is 7.25. The van der Waals surface area contributed by atoms with Gasteiger partial charge in [-0.3, -0.25) is 14.9 Å². The van der Waals surface area contributed by atoms with Crippen LogP contribution in [0.3, 0.4) is 0 Å². The number of rotatable bonds is 13. The predicted octanol–water partition coefficient (Wildman–Crippen LogP) is 3.49. The van der Waals surface area contributed by atoms with Crippen LogP contribution in [0.15, 0.2) is 76.9 Å². The quantitative estimate of drug-likeness (QED) is 0.103. The summed E-state index contributed by atoms with van der Waals surface area (Å²) in [6.45, 7) is 5.71. The maximum atomic E-state index is 14.3. The van der Waals surface area contributed by atoms with Gasteiger partial charge in [0.25, 0.3) is 5.91 Å². The molecule has 2 aliphatic carbocycles. The summed E-state index contributed by atoms with van der Waals surface area (Å²) in [7, 11) is 1.58. The van der Waals surface area contributed by atoms with E-state index in [1.807, 2.05) is 39.0 Å². The van der Waals surface area contributed by atoms with Gasteiger partial charge in [-0.05, 0) is 74.4 Å². The molecule has 0 aromatic heterocycles. The predicted molar refractivity (Wildman–Crippen MR) is 195 cm³/mol. The Hall–Kier alpha value is -4.86. The Morgan fingerprint density at radius 1 is 1.15 bits per heavy atom. The number of hydrogen-bond acceptors (Lipinski definition) is 12. The first kappa shape index (κ1) is 36.5. The molecule has 2 aromatic carbocycles. The Labute approximate surface area is 310 Å². The monoisotopic (exact) mass is 747 g/mol. The Kier molecular flexibility index (Phi) is 10.2. The number of fused-ring (bicyclic) bond motifs is 5. The summed E-state index contributed by atoms with van der Waals surface area (Å²) in [5.41, 5.74) is 5.66. The zero-order valence-corrected chi connectivity index (χ0v) is 30.6. The molecule has 2 saturated heterocycles. The lowest BCUT2D eigenvalue weighted by Crippen LogP contribution is -2.71. The van der Waals surface area contributed by atoms with Crippen molar-refractivity contribution >= 4 is 41.0 Å². The molecule has 5 aliphatic rings. The van der Waals surface area contributed by atoms with Gasteiger partial charge in [-0.1, -0.05) is 17.3 Å². The van der Waals surface area contributed by atoms with Crippen molar-refractivity contribution in [3.63, 3.8) is 0 Å². The van der Waals surface area contributed by atoms with Crippen LogP contribution in [0.5, 0.6) is 11.5 Å². The Morgan fingerprint density at radius 2 is 1.92 bits per heavy atom. The molecular formula is C38H42FN5O8S. The summed E-state index contributed by atoms with van der Waals surface area (Å²) in [6, 6.07) is 11.1. The molecular weight excluding hydrogens is 706 g/mol. The van der Waals surface area contributed by atoms with Gasteiger partial charge < -0.3 is 39.7 Å². The number of aliphatic hydroxyl groups is 1. The molecule has 0 saturated carbocycles. The number of nitrogens with zero attached hydrogens (tertiary/aromatic N) is 2. The van der Waals surface area contributed by atoms with E-state index in [4.69, 9.17) is 19.0 Å². The minimum Gasteiger partial charge on any atom is -0.497 e. The highest BCUT2D eigenvalue weighted by atomic mass is 32.2. The SMILES string of the molecule is CCNC(=O)CO/N=C1/CC2=C(NC3=CC=C(F)CC32)c2ccc(OCC(O)NC3C(=O)N4C3SC(C)(C)C4C(=O)OCc3ccc(OC)cc3)cc21. The molecule has 3 aliphatic heterocycles. The van der Waals surface area contributed by atoms with Gasteiger partial charge in [-0.2, -0.15) is 0 Å². The first-order chi connectivity index (χ1) is 25.5. The largest absolute Gasteiger partial charge is 0.497 e. The molecule has 3 heterocycles. The van der Waals surface area contributed by atoms with Crippen molar-refractivity contribution in [1.29, 1.82) is 0 Å². The van der Waals surface area contributed by atoms with Crippen molar-refractivity contribution in [3.05, 3.63) is 88.4 Å². The molecule has 2 aromatic rings. The van der Waals surface area contributed by atoms with E-state index >= 15 is 0 Å². The number of benzene rings is 2. The van der Waals surface area contributed by atoms with Gasteiger partial charge >= 0.3 is 5.97 Å².